The van der Waals surface area contributed by atoms with Crippen molar-refractivity contribution in [2.24, 2.45) is 0 Å². The van der Waals surface area contributed by atoms with Gasteiger partial charge in [-0.3, -0.25) is 0 Å². The number of halogens is 1. The molecule has 3 rings (SSSR count). The van der Waals surface area contributed by atoms with Crippen LogP contribution in [0.5, 0.6) is 5.75 Å². The molecule has 0 amide bonds. The van der Waals surface area contributed by atoms with Crippen LogP contribution in [0.15, 0.2) is 18.2 Å². The molecular weight excluding hydrogens is 310 g/mol. The third kappa shape index (κ3) is 3.54. The third-order valence-corrected chi connectivity index (χ3v) is 5.39. The molecule has 1 aliphatic heterocycles. The lowest BCUT2D eigenvalue weighted by molar-refractivity contribution is -0.0169. The molecule has 0 bridgehead atoms. The van der Waals surface area contributed by atoms with E-state index in [-0.39, 0.29) is 18.3 Å². The van der Waals surface area contributed by atoms with E-state index in [1.54, 1.807) is 0 Å². The fourth-order valence-corrected chi connectivity index (χ4v) is 3.16. The number of benzene rings is 1. The van der Waals surface area contributed by atoms with Crippen LogP contribution in [-0.4, -0.2) is 24.4 Å². The van der Waals surface area contributed by atoms with Crippen molar-refractivity contribution in [1.29, 1.82) is 0 Å². The number of hydrogen-bond donors (Lipinski definition) is 0. The van der Waals surface area contributed by atoms with Crippen LogP contribution in [0.2, 0.25) is 5.02 Å². The Labute approximate surface area is 144 Å². The molecule has 1 saturated carbocycles. The molecule has 0 aromatic heterocycles. The van der Waals surface area contributed by atoms with Crippen molar-refractivity contribution < 1.29 is 14.0 Å². The van der Waals surface area contributed by atoms with Gasteiger partial charge >= 0.3 is 7.12 Å². The third-order valence-electron chi connectivity index (χ3n) is 5.10. The fourth-order valence-electron chi connectivity index (χ4n) is 2.93. The van der Waals surface area contributed by atoms with Gasteiger partial charge in [0.15, 0.2) is 0 Å². The van der Waals surface area contributed by atoms with E-state index in [1.807, 2.05) is 18.2 Å². The van der Waals surface area contributed by atoms with Crippen LogP contribution >= 0.6 is 11.6 Å². The van der Waals surface area contributed by atoms with Crippen LogP contribution in [-0.2, 0) is 9.31 Å². The second-order valence-electron chi connectivity index (χ2n) is 7.42. The van der Waals surface area contributed by atoms with Crippen LogP contribution in [0.4, 0.5) is 0 Å². The van der Waals surface area contributed by atoms with Gasteiger partial charge in [-0.15, -0.1) is 0 Å². The minimum Gasteiger partial charge on any atom is -0.489 e. The molecule has 23 heavy (non-hydrogen) atoms. The van der Waals surface area contributed by atoms with E-state index in [2.05, 4.69) is 27.7 Å². The second kappa shape index (κ2) is 6.31. The molecule has 0 radical (unpaired) electrons. The van der Waals surface area contributed by atoms with Gasteiger partial charge in [-0.25, -0.2) is 0 Å². The highest BCUT2D eigenvalue weighted by atomic mass is 35.5. The van der Waals surface area contributed by atoms with E-state index >= 15 is 0 Å². The molecule has 126 valence electrons. The van der Waals surface area contributed by atoms with Gasteiger partial charge in [0.25, 0.3) is 0 Å². The van der Waals surface area contributed by atoms with Crippen molar-refractivity contribution in [2.45, 2.75) is 77.1 Å². The molecular formula is C18H26BClO3. The van der Waals surface area contributed by atoms with E-state index in [1.165, 1.54) is 0 Å². The molecule has 2 fully saturated rings. The Morgan fingerprint density at radius 1 is 1.26 bits per heavy atom. The largest absolute Gasteiger partial charge is 0.494 e. The zero-order chi connectivity index (χ0) is 16.7. The number of unbranched alkanes of at least 4 members (excludes halogenated alkanes) is 1. The predicted molar refractivity (Wildman–Crippen MR) is 94.7 cm³/mol. The van der Waals surface area contributed by atoms with E-state index < -0.39 is 0 Å². The highest BCUT2D eigenvalue weighted by Crippen LogP contribution is 2.41. The van der Waals surface area contributed by atoms with E-state index in [4.69, 9.17) is 25.6 Å². The topological polar surface area (TPSA) is 27.7 Å². The van der Waals surface area contributed by atoms with Crippen LogP contribution in [0.1, 0.15) is 59.8 Å². The first-order chi connectivity index (χ1) is 10.8. The van der Waals surface area contributed by atoms with Gasteiger partial charge in [0.2, 0.25) is 0 Å². The Balaban J connectivity index is 1.75. The Hall–Kier alpha value is -0.705. The van der Waals surface area contributed by atoms with Crippen molar-refractivity contribution in [3.8, 4) is 5.75 Å². The summed E-state index contributed by atoms with van der Waals surface area (Å²) in [5.41, 5.74) is 0.331. The first-order valence-corrected chi connectivity index (χ1v) is 9.04. The van der Waals surface area contributed by atoms with Gasteiger partial charge in [-0.2, -0.15) is 0 Å². The molecule has 5 heteroatoms. The van der Waals surface area contributed by atoms with Crippen molar-refractivity contribution in [3.63, 3.8) is 0 Å². The molecule has 0 spiro atoms. The van der Waals surface area contributed by atoms with Crippen LogP contribution < -0.4 is 10.2 Å². The Bertz CT molecular complexity index is 573. The van der Waals surface area contributed by atoms with Gasteiger partial charge in [0, 0.05) is 0 Å². The second-order valence-corrected chi connectivity index (χ2v) is 7.83. The number of rotatable bonds is 6. The summed E-state index contributed by atoms with van der Waals surface area (Å²) in [6, 6.07) is 5.83. The Morgan fingerprint density at radius 3 is 2.61 bits per heavy atom. The first-order valence-electron chi connectivity index (χ1n) is 8.66. The van der Waals surface area contributed by atoms with Crippen molar-refractivity contribution >= 4 is 24.2 Å². The summed E-state index contributed by atoms with van der Waals surface area (Å²) in [4.78, 5) is 0. The quantitative estimate of drug-likeness (QED) is 0.723. The monoisotopic (exact) mass is 336 g/mol. The lowest BCUT2D eigenvalue weighted by Gasteiger charge is -2.36. The molecule has 1 aromatic carbocycles. The summed E-state index contributed by atoms with van der Waals surface area (Å²) in [6.45, 7) is 8.56. The summed E-state index contributed by atoms with van der Waals surface area (Å²) < 4.78 is 18.3. The van der Waals surface area contributed by atoms with Gasteiger partial charge in [0.05, 0.1) is 22.3 Å². The van der Waals surface area contributed by atoms with Crippen LogP contribution in [0.3, 0.4) is 0 Å². The highest BCUT2D eigenvalue weighted by Gasteiger charge is 2.54. The molecule has 1 heterocycles. The zero-order valence-corrected chi connectivity index (χ0v) is 15.3. The minimum atomic E-state index is -0.376. The van der Waals surface area contributed by atoms with Gasteiger partial charge in [0.1, 0.15) is 5.75 Å². The maximum atomic E-state index is 6.37. The number of hydrogen-bond acceptors (Lipinski definition) is 3. The summed E-state index contributed by atoms with van der Waals surface area (Å²) in [7, 11) is -0.376. The van der Waals surface area contributed by atoms with Crippen molar-refractivity contribution in [1.82, 2.24) is 0 Å². The van der Waals surface area contributed by atoms with Gasteiger partial charge in [-0.1, -0.05) is 37.4 Å². The van der Waals surface area contributed by atoms with Crippen LogP contribution in [0, 0.1) is 0 Å². The zero-order valence-electron chi connectivity index (χ0n) is 14.5. The maximum Gasteiger partial charge on any atom is 0.494 e. The highest BCUT2D eigenvalue weighted by molar-refractivity contribution is 6.62. The predicted octanol–water partition coefficient (Wildman–Crippen LogP) is 4.35. The van der Waals surface area contributed by atoms with Gasteiger partial charge in [-0.05, 0) is 57.6 Å². The summed E-state index contributed by atoms with van der Waals surface area (Å²) in [6.07, 6.45) is 5.86. The average Bonchev–Trinajstić information content (AvgIpc) is 3.26. The standard InChI is InChI=1S/C18H26BClO3/c1-5-6-11-18(4)17(2,3)22-19(23-18)13-7-10-16(15(20)12-13)21-14-8-9-14/h7,10,12,14H,5-6,8-9,11H2,1-4H3. The lowest BCUT2D eigenvalue weighted by Crippen LogP contribution is -2.44. The van der Waals surface area contributed by atoms with E-state index in [0.29, 0.717) is 11.1 Å². The normalized spacial score (nSPS) is 26.6. The van der Waals surface area contributed by atoms with Gasteiger partial charge < -0.3 is 14.0 Å². The average molecular weight is 337 g/mol. The fraction of sp³-hybridized carbons (Fsp3) is 0.667. The number of ether oxygens (including phenoxy) is 1. The van der Waals surface area contributed by atoms with Crippen LogP contribution in [0.25, 0.3) is 0 Å². The first kappa shape index (κ1) is 17.1. The Morgan fingerprint density at radius 2 is 2.00 bits per heavy atom. The summed E-state index contributed by atoms with van der Waals surface area (Å²) >= 11 is 6.37. The molecule has 1 unspecified atom stereocenters. The Kier molecular flexibility index (Phi) is 4.70. The van der Waals surface area contributed by atoms with Crippen molar-refractivity contribution in [2.75, 3.05) is 0 Å². The molecule has 1 aliphatic carbocycles. The van der Waals surface area contributed by atoms with E-state index in [9.17, 15) is 0 Å². The molecule has 1 aromatic rings. The van der Waals surface area contributed by atoms with Crippen molar-refractivity contribution in [3.05, 3.63) is 23.2 Å². The summed E-state index contributed by atoms with van der Waals surface area (Å²) in [5, 5.41) is 0.626. The SMILES string of the molecule is CCCCC1(C)OB(c2ccc(OC3CC3)c(Cl)c2)OC1(C)C. The smallest absolute Gasteiger partial charge is 0.489 e. The molecule has 3 nitrogen and oxygen atoms in total. The molecule has 2 aliphatic rings. The maximum absolute atomic E-state index is 6.37. The molecule has 1 saturated heterocycles. The lowest BCUT2D eigenvalue weighted by atomic mass is 9.79. The minimum absolute atomic E-state index is 0.288. The molecule has 1 atom stereocenters. The van der Waals surface area contributed by atoms with E-state index in [0.717, 1.165) is 43.3 Å². The summed E-state index contributed by atoms with van der Waals surface area (Å²) in [5.74, 6) is 0.754. The molecule has 0 N–H and O–H groups in total.